The monoisotopic (exact) mass is 300 g/mol. The summed E-state index contributed by atoms with van der Waals surface area (Å²) in [6.07, 6.45) is -4.48. The average molecular weight is 301 g/mol. The Morgan fingerprint density at radius 2 is 2.05 bits per heavy atom. The molecule has 106 valence electrons. The summed E-state index contributed by atoms with van der Waals surface area (Å²) in [6, 6.07) is 7.44. The summed E-state index contributed by atoms with van der Waals surface area (Å²) in [4.78, 5) is 3.82. The molecule has 20 heavy (non-hydrogen) atoms. The first-order chi connectivity index (χ1) is 9.43. The second-order valence-corrected chi connectivity index (χ2v) is 5.23. The molecule has 2 heterocycles. The quantitative estimate of drug-likeness (QED) is 0.713. The van der Waals surface area contributed by atoms with Gasteiger partial charge in [0.05, 0.1) is 11.6 Å². The summed E-state index contributed by atoms with van der Waals surface area (Å²) in [5.74, 6) is 0.300. The lowest BCUT2D eigenvalue weighted by atomic mass is 9.92. The van der Waals surface area contributed by atoms with Gasteiger partial charge in [0.15, 0.2) is 5.69 Å². The Morgan fingerprint density at radius 3 is 2.70 bits per heavy atom. The molecule has 1 unspecified atom stereocenters. The Hall–Kier alpha value is -1.49. The first-order valence-electron chi connectivity index (χ1n) is 6.25. The summed E-state index contributed by atoms with van der Waals surface area (Å²) >= 11 is 5.73. The van der Waals surface area contributed by atoms with Crippen LogP contribution >= 0.6 is 11.6 Å². The molecule has 0 amide bonds. The number of alkyl halides is 4. The van der Waals surface area contributed by atoms with Crippen LogP contribution in [0.5, 0.6) is 0 Å². The van der Waals surface area contributed by atoms with E-state index in [1.165, 1.54) is 0 Å². The number of halogens is 4. The third-order valence-corrected chi connectivity index (χ3v) is 3.91. The normalized spacial score (nSPS) is 17.8. The number of aromatic nitrogens is 2. The maximum atomic E-state index is 13.1. The standard InChI is InChI=1S/C14H12ClF3N2/c1-8-7-20-11(6-15)12(14(16,17)18)19-13(20)10-5-3-2-4-9(8)10/h2-5,8H,6-7H2,1H3. The predicted octanol–water partition coefficient (Wildman–Crippen LogP) is 4.42. The van der Waals surface area contributed by atoms with Gasteiger partial charge in [-0.25, -0.2) is 4.98 Å². The molecule has 6 heteroatoms. The van der Waals surface area contributed by atoms with Gasteiger partial charge in [-0.2, -0.15) is 13.2 Å². The second-order valence-electron chi connectivity index (χ2n) is 4.96. The third kappa shape index (κ3) is 1.92. The topological polar surface area (TPSA) is 17.8 Å². The molecular weight excluding hydrogens is 289 g/mol. The molecule has 0 fully saturated rings. The molecule has 2 aromatic rings. The molecule has 0 N–H and O–H groups in total. The molecule has 0 saturated carbocycles. The van der Waals surface area contributed by atoms with E-state index in [9.17, 15) is 13.2 Å². The molecule has 0 aliphatic carbocycles. The third-order valence-electron chi connectivity index (χ3n) is 3.66. The number of nitrogens with zero attached hydrogens (tertiary/aromatic N) is 2. The summed E-state index contributed by atoms with van der Waals surface area (Å²) in [7, 11) is 0. The average Bonchev–Trinajstić information content (AvgIpc) is 2.77. The smallest absolute Gasteiger partial charge is 0.326 e. The van der Waals surface area contributed by atoms with Crippen molar-refractivity contribution in [3.8, 4) is 11.4 Å². The molecule has 0 spiro atoms. The highest BCUT2D eigenvalue weighted by molar-refractivity contribution is 6.17. The summed E-state index contributed by atoms with van der Waals surface area (Å²) < 4.78 is 40.8. The van der Waals surface area contributed by atoms with E-state index in [1.54, 1.807) is 4.57 Å². The number of benzene rings is 1. The maximum absolute atomic E-state index is 13.1. The summed E-state index contributed by atoms with van der Waals surface area (Å²) in [5.41, 5.74) is 0.967. The van der Waals surface area contributed by atoms with Gasteiger partial charge in [-0.05, 0) is 11.5 Å². The lowest BCUT2D eigenvalue weighted by molar-refractivity contribution is -0.141. The van der Waals surface area contributed by atoms with Crippen molar-refractivity contribution in [2.75, 3.05) is 0 Å². The van der Waals surface area contributed by atoms with Crippen molar-refractivity contribution in [3.05, 3.63) is 41.2 Å². The Kier molecular flexibility index (Phi) is 3.05. The van der Waals surface area contributed by atoms with E-state index in [0.717, 1.165) is 11.1 Å². The Balaban J connectivity index is 2.28. The number of hydrogen-bond donors (Lipinski definition) is 0. The van der Waals surface area contributed by atoms with Gasteiger partial charge in [-0.1, -0.05) is 31.2 Å². The van der Waals surface area contributed by atoms with Crippen molar-refractivity contribution in [2.45, 2.75) is 31.4 Å². The van der Waals surface area contributed by atoms with Crippen molar-refractivity contribution in [1.82, 2.24) is 9.55 Å². The van der Waals surface area contributed by atoms with E-state index in [-0.39, 0.29) is 17.5 Å². The van der Waals surface area contributed by atoms with Crippen molar-refractivity contribution >= 4 is 11.6 Å². The lowest BCUT2D eigenvalue weighted by Gasteiger charge is -2.25. The molecule has 1 aliphatic rings. The van der Waals surface area contributed by atoms with E-state index in [4.69, 9.17) is 11.6 Å². The van der Waals surface area contributed by atoms with Crippen molar-refractivity contribution in [3.63, 3.8) is 0 Å². The second kappa shape index (κ2) is 4.52. The first-order valence-corrected chi connectivity index (χ1v) is 6.78. The maximum Gasteiger partial charge on any atom is 0.435 e. The molecule has 0 saturated heterocycles. The fourth-order valence-corrected chi connectivity index (χ4v) is 3.02. The minimum atomic E-state index is -4.48. The zero-order valence-electron chi connectivity index (χ0n) is 10.7. The number of fused-ring (bicyclic) bond motifs is 3. The molecule has 1 aromatic carbocycles. The minimum absolute atomic E-state index is 0.0514. The van der Waals surface area contributed by atoms with Crippen LogP contribution in [0.15, 0.2) is 24.3 Å². The van der Waals surface area contributed by atoms with E-state index < -0.39 is 11.9 Å². The molecule has 0 radical (unpaired) electrons. The van der Waals surface area contributed by atoms with E-state index >= 15 is 0 Å². The van der Waals surface area contributed by atoms with Gasteiger partial charge in [0.1, 0.15) is 5.82 Å². The highest BCUT2D eigenvalue weighted by Gasteiger charge is 2.40. The highest BCUT2D eigenvalue weighted by atomic mass is 35.5. The first kappa shape index (κ1) is 13.5. The lowest BCUT2D eigenvalue weighted by Crippen LogP contribution is -2.17. The van der Waals surface area contributed by atoms with Gasteiger partial charge in [0.2, 0.25) is 0 Å². The molecule has 1 atom stereocenters. The number of rotatable bonds is 1. The van der Waals surface area contributed by atoms with Gasteiger partial charge >= 0.3 is 6.18 Å². The van der Waals surface area contributed by atoms with Crippen molar-refractivity contribution in [1.29, 1.82) is 0 Å². The largest absolute Gasteiger partial charge is 0.435 e. The Labute approximate surface area is 119 Å². The highest BCUT2D eigenvalue weighted by Crippen LogP contribution is 2.41. The molecule has 0 bridgehead atoms. The van der Waals surface area contributed by atoms with Crippen LogP contribution in [-0.2, 0) is 18.6 Å². The van der Waals surface area contributed by atoms with Crippen molar-refractivity contribution < 1.29 is 13.2 Å². The van der Waals surface area contributed by atoms with Gasteiger partial charge < -0.3 is 4.57 Å². The summed E-state index contributed by atoms with van der Waals surface area (Å²) in [6.45, 7) is 2.46. The van der Waals surface area contributed by atoms with Crippen molar-refractivity contribution in [2.24, 2.45) is 0 Å². The van der Waals surface area contributed by atoms with Crippen LogP contribution in [0.25, 0.3) is 11.4 Å². The van der Waals surface area contributed by atoms with Crippen LogP contribution in [0.4, 0.5) is 13.2 Å². The Morgan fingerprint density at radius 1 is 1.35 bits per heavy atom. The summed E-state index contributed by atoms with van der Waals surface area (Å²) in [5, 5.41) is 0. The molecular formula is C14H12ClF3N2. The van der Waals surface area contributed by atoms with Crippen LogP contribution < -0.4 is 0 Å². The van der Waals surface area contributed by atoms with E-state index in [2.05, 4.69) is 4.98 Å². The predicted molar refractivity (Wildman–Crippen MR) is 70.6 cm³/mol. The molecule has 1 aliphatic heterocycles. The zero-order chi connectivity index (χ0) is 14.5. The van der Waals surface area contributed by atoms with E-state index in [1.807, 2.05) is 31.2 Å². The van der Waals surface area contributed by atoms with Crippen LogP contribution in [-0.4, -0.2) is 9.55 Å². The van der Waals surface area contributed by atoms with E-state index in [0.29, 0.717) is 12.4 Å². The number of imidazole rings is 1. The number of hydrogen-bond acceptors (Lipinski definition) is 1. The zero-order valence-corrected chi connectivity index (χ0v) is 11.5. The minimum Gasteiger partial charge on any atom is -0.326 e. The SMILES string of the molecule is CC1Cn2c(nc(C(F)(F)F)c2CCl)-c2ccccc21. The van der Waals surface area contributed by atoms with Gasteiger partial charge in [0.25, 0.3) is 0 Å². The van der Waals surface area contributed by atoms with Crippen LogP contribution in [0.1, 0.15) is 29.8 Å². The fraction of sp³-hybridized carbons (Fsp3) is 0.357. The van der Waals surface area contributed by atoms with Crippen LogP contribution in [0, 0.1) is 0 Å². The fourth-order valence-electron chi connectivity index (χ4n) is 2.75. The molecule has 3 rings (SSSR count). The Bertz CT molecular complexity index is 661. The van der Waals surface area contributed by atoms with Gasteiger partial charge in [-0.15, -0.1) is 11.6 Å². The van der Waals surface area contributed by atoms with Crippen LogP contribution in [0.2, 0.25) is 0 Å². The van der Waals surface area contributed by atoms with Gasteiger partial charge in [0, 0.05) is 12.1 Å². The molecule has 2 nitrogen and oxygen atoms in total. The van der Waals surface area contributed by atoms with Gasteiger partial charge in [-0.3, -0.25) is 0 Å². The van der Waals surface area contributed by atoms with Crippen LogP contribution in [0.3, 0.4) is 0 Å². The molecule has 1 aromatic heterocycles.